The molecule has 0 fully saturated rings. The molecule has 0 spiro atoms. The summed E-state index contributed by atoms with van der Waals surface area (Å²) in [5.74, 6) is -1.87. The van der Waals surface area contributed by atoms with Gasteiger partial charge < -0.3 is 4.90 Å². The number of benzene rings is 2. The van der Waals surface area contributed by atoms with Crippen molar-refractivity contribution in [3.8, 4) is 10.4 Å². The predicted octanol–water partition coefficient (Wildman–Crippen LogP) is 4.97. The van der Waals surface area contributed by atoms with Gasteiger partial charge in [0.15, 0.2) is 11.6 Å². The van der Waals surface area contributed by atoms with Crippen LogP contribution in [-0.2, 0) is 6.54 Å². The Morgan fingerprint density at radius 2 is 1.75 bits per heavy atom. The molecule has 3 rings (SSSR count). The zero-order valence-electron chi connectivity index (χ0n) is 13.0. The lowest BCUT2D eigenvalue weighted by Gasteiger charge is -2.16. The summed E-state index contributed by atoms with van der Waals surface area (Å²) in [7, 11) is 1.74. The van der Waals surface area contributed by atoms with Crippen LogP contribution in [0.4, 0.5) is 8.78 Å². The fraction of sp³-hybridized carbons (Fsp3) is 0.105. The summed E-state index contributed by atoms with van der Waals surface area (Å²) in [6.07, 6.45) is 0. The van der Waals surface area contributed by atoms with Crippen molar-refractivity contribution in [3.63, 3.8) is 0 Å². The van der Waals surface area contributed by atoms with Crippen LogP contribution in [0.3, 0.4) is 0 Å². The Morgan fingerprint density at radius 3 is 2.46 bits per heavy atom. The smallest absolute Gasteiger partial charge is 0.263 e. The molecule has 0 aliphatic heterocycles. The third-order valence-corrected chi connectivity index (χ3v) is 4.75. The van der Waals surface area contributed by atoms with Gasteiger partial charge in [0.2, 0.25) is 0 Å². The monoisotopic (exact) mass is 343 g/mol. The van der Waals surface area contributed by atoms with Gasteiger partial charge in [-0.1, -0.05) is 36.4 Å². The van der Waals surface area contributed by atoms with E-state index in [2.05, 4.69) is 0 Å². The molecule has 1 aromatic heterocycles. The number of amides is 1. The number of carbonyl (C=O) groups is 1. The first-order valence-electron chi connectivity index (χ1n) is 7.39. The van der Waals surface area contributed by atoms with Gasteiger partial charge in [0.1, 0.15) is 0 Å². The van der Waals surface area contributed by atoms with Gasteiger partial charge in [0.05, 0.1) is 4.88 Å². The van der Waals surface area contributed by atoms with Crippen LogP contribution >= 0.6 is 11.3 Å². The molecular formula is C19H15F2NOS. The lowest BCUT2D eigenvalue weighted by molar-refractivity contribution is 0.0790. The molecule has 0 unspecified atom stereocenters. The van der Waals surface area contributed by atoms with Crippen LogP contribution in [0.25, 0.3) is 10.4 Å². The van der Waals surface area contributed by atoms with Gasteiger partial charge in [-0.2, -0.15) is 0 Å². The maximum Gasteiger partial charge on any atom is 0.263 e. The van der Waals surface area contributed by atoms with Crippen molar-refractivity contribution in [2.24, 2.45) is 0 Å². The number of thiophene rings is 1. The van der Waals surface area contributed by atoms with E-state index in [-0.39, 0.29) is 5.91 Å². The lowest BCUT2D eigenvalue weighted by atomic mass is 10.2. The quantitative estimate of drug-likeness (QED) is 0.655. The van der Waals surface area contributed by atoms with Crippen molar-refractivity contribution in [1.29, 1.82) is 0 Å². The fourth-order valence-electron chi connectivity index (χ4n) is 2.37. The Balaban J connectivity index is 1.77. The minimum Gasteiger partial charge on any atom is -0.337 e. The van der Waals surface area contributed by atoms with Crippen LogP contribution in [0.5, 0.6) is 0 Å². The lowest BCUT2D eigenvalue weighted by Crippen LogP contribution is -2.25. The Morgan fingerprint density at radius 1 is 1.00 bits per heavy atom. The van der Waals surface area contributed by atoms with Gasteiger partial charge in [0, 0.05) is 18.5 Å². The minimum absolute atomic E-state index is 0.0994. The van der Waals surface area contributed by atoms with E-state index in [4.69, 9.17) is 0 Å². The Bertz CT molecular complexity index is 861. The number of rotatable bonds is 4. The van der Waals surface area contributed by atoms with Gasteiger partial charge in [-0.05, 0) is 35.4 Å². The van der Waals surface area contributed by atoms with E-state index in [9.17, 15) is 13.6 Å². The highest BCUT2D eigenvalue weighted by Crippen LogP contribution is 2.29. The van der Waals surface area contributed by atoms with E-state index < -0.39 is 11.6 Å². The molecule has 2 aromatic carbocycles. The van der Waals surface area contributed by atoms with Gasteiger partial charge in [-0.25, -0.2) is 8.78 Å². The van der Waals surface area contributed by atoms with Gasteiger partial charge in [-0.15, -0.1) is 11.3 Å². The molecule has 5 heteroatoms. The van der Waals surface area contributed by atoms with Gasteiger partial charge in [0.25, 0.3) is 5.91 Å². The predicted molar refractivity (Wildman–Crippen MR) is 91.9 cm³/mol. The van der Waals surface area contributed by atoms with Crippen molar-refractivity contribution in [2.45, 2.75) is 6.54 Å². The number of hydrogen-bond acceptors (Lipinski definition) is 2. The largest absolute Gasteiger partial charge is 0.337 e. The zero-order valence-corrected chi connectivity index (χ0v) is 13.8. The summed E-state index contributed by atoms with van der Waals surface area (Å²) < 4.78 is 26.4. The zero-order chi connectivity index (χ0) is 17.1. The summed E-state index contributed by atoms with van der Waals surface area (Å²) >= 11 is 1.27. The summed E-state index contributed by atoms with van der Waals surface area (Å²) in [5, 5.41) is 0. The van der Waals surface area contributed by atoms with Crippen LogP contribution in [0.2, 0.25) is 0 Å². The Labute approximate surface area is 143 Å². The summed E-state index contributed by atoms with van der Waals surface area (Å²) in [6.45, 7) is 0.512. The van der Waals surface area contributed by atoms with E-state index >= 15 is 0 Å². The van der Waals surface area contributed by atoms with E-state index in [1.54, 1.807) is 24.1 Å². The molecule has 2 nitrogen and oxygen atoms in total. The molecule has 0 bridgehead atoms. The van der Waals surface area contributed by atoms with Crippen LogP contribution < -0.4 is 0 Å². The molecule has 122 valence electrons. The normalized spacial score (nSPS) is 10.6. The standard InChI is InChI=1S/C19H15F2NOS/c1-22(12-13-5-3-2-4-6-13)19(23)18-10-9-17(24-18)14-7-8-15(20)16(21)11-14/h2-11H,12H2,1H3. The topological polar surface area (TPSA) is 20.3 Å². The van der Waals surface area contributed by atoms with E-state index in [1.165, 1.54) is 17.4 Å². The van der Waals surface area contributed by atoms with Crippen molar-refractivity contribution in [1.82, 2.24) is 4.90 Å². The van der Waals surface area contributed by atoms with Gasteiger partial charge in [-0.3, -0.25) is 4.79 Å². The second-order valence-electron chi connectivity index (χ2n) is 5.44. The average Bonchev–Trinajstić information content (AvgIpc) is 3.07. The molecule has 0 N–H and O–H groups in total. The number of hydrogen-bond donors (Lipinski definition) is 0. The first-order chi connectivity index (χ1) is 11.5. The number of nitrogens with zero attached hydrogens (tertiary/aromatic N) is 1. The molecule has 0 radical (unpaired) electrons. The van der Waals surface area contributed by atoms with Crippen LogP contribution in [0.1, 0.15) is 15.2 Å². The van der Waals surface area contributed by atoms with Crippen molar-refractivity contribution in [3.05, 3.63) is 82.7 Å². The van der Waals surface area contributed by atoms with E-state index in [0.29, 0.717) is 17.0 Å². The van der Waals surface area contributed by atoms with Crippen LogP contribution in [0, 0.1) is 11.6 Å². The summed E-state index contributed by atoms with van der Waals surface area (Å²) in [5.41, 5.74) is 1.61. The molecule has 0 saturated carbocycles. The van der Waals surface area contributed by atoms with E-state index in [0.717, 1.165) is 22.6 Å². The summed E-state index contributed by atoms with van der Waals surface area (Å²) in [4.78, 5) is 15.4. The van der Waals surface area contributed by atoms with Gasteiger partial charge >= 0.3 is 0 Å². The molecule has 3 aromatic rings. The highest BCUT2D eigenvalue weighted by atomic mass is 32.1. The maximum absolute atomic E-state index is 13.4. The maximum atomic E-state index is 13.4. The second-order valence-corrected chi connectivity index (χ2v) is 6.52. The second kappa shape index (κ2) is 6.93. The third kappa shape index (κ3) is 3.51. The van der Waals surface area contributed by atoms with Crippen molar-refractivity contribution in [2.75, 3.05) is 7.05 Å². The van der Waals surface area contributed by atoms with E-state index in [1.807, 2.05) is 30.3 Å². The Kier molecular flexibility index (Phi) is 4.71. The fourth-order valence-corrected chi connectivity index (χ4v) is 3.37. The molecule has 1 amide bonds. The van der Waals surface area contributed by atoms with Crippen LogP contribution in [0.15, 0.2) is 60.7 Å². The number of halogens is 2. The minimum atomic E-state index is -0.894. The van der Waals surface area contributed by atoms with Crippen molar-refractivity contribution < 1.29 is 13.6 Å². The molecular weight excluding hydrogens is 328 g/mol. The highest BCUT2D eigenvalue weighted by molar-refractivity contribution is 7.17. The van der Waals surface area contributed by atoms with Crippen molar-refractivity contribution >= 4 is 17.2 Å². The highest BCUT2D eigenvalue weighted by Gasteiger charge is 2.15. The first-order valence-corrected chi connectivity index (χ1v) is 8.21. The molecule has 0 saturated heterocycles. The molecule has 0 aliphatic carbocycles. The molecule has 0 aliphatic rings. The first kappa shape index (κ1) is 16.3. The molecule has 0 atom stereocenters. The number of carbonyl (C=O) groups excluding carboxylic acids is 1. The Hall–Kier alpha value is -2.53. The molecule has 1 heterocycles. The SMILES string of the molecule is CN(Cc1ccccc1)C(=O)c1ccc(-c2ccc(F)c(F)c2)s1. The average molecular weight is 343 g/mol. The summed E-state index contributed by atoms with van der Waals surface area (Å²) in [6, 6.07) is 16.9. The molecule has 24 heavy (non-hydrogen) atoms. The third-order valence-electron chi connectivity index (χ3n) is 3.63. The van der Waals surface area contributed by atoms with Crippen LogP contribution in [-0.4, -0.2) is 17.9 Å².